The second-order valence-electron chi connectivity index (χ2n) is 3.95. The van der Waals surface area contributed by atoms with E-state index in [1.807, 2.05) is 6.92 Å². The molecule has 0 atom stereocenters. The molecular weight excluding hydrogens is 256 g/mol. The average molecular weight is 274 g/mol. The van der Waals surface area contributed by atoms with E-state index in [0.29, 0.717) is 24.3 Å². The Balaban J connectivity index is 3.36. The molecule has 0 unspecified atom stereocenters. The van der Waals surface area contributed by atoms with Crippen LogP contribution in [0.5, 0.6) is 0 Å². The lowest BCUT2D eigenvalue weighted by Crippen LogP contribution is -2.26. The van der Waals surface area contributed by atoms with Gasteiger partial charge in [0, 0.05) is 18.8 Å². The van der Waals surface area contributed by atoms with Gasteiger partial charge in [-0.2, -0.15) is 8.42 Å². The lowest BCUT2D eigenvalue weighted by molar-refractivity contribution is 0.302. The molecule has 1 aromatic carbocycles. The van der Waals surface area contributed by atoms with Gasteiger partial charge >= 0.3 is 0 Å². The average Bonchev–Trinajstić information content (AvgIpc) is 2.28. The maximum absolute atomic E-state index is 11.2. The summed E-state index contributed by atoms with van der Waals surface area (Å²) >= 11 is 0. The normalized spacial score (nSPS) is 11.6. The molecule has 1 aromatic rings. The molecule has 0 aromatic heterocycles. The van der Waals surface area contributed by atoms with Crippen molar-refractivity contribution < 1.29 is 18.1 Å². The summed E-state index contributed by atoms with van der Waals surface area (Å²) in [5.41, 5.74) is 6.86. The molecule has 0 saturated carbocycles. The van der Waals surface area contributed by atoms with Gasteiger partial charge in [0.25, 0.3) is 10.1 Å². The van der Waals surface area contributed by atoms with Gasteiger partial charge in [0.2, 0.25) is 0 Å². The van der Waals surface area contributed by atoms with Crippen molar-refractivity contribution in [1.29, 1.82) is 0 Å². The summed E-state index contributed by atoms with van der Waals surface area (Å²) in [6.45, 7) is 4.49. The SMILES string of the molecule is CCN(CCO)c1cc(C)c(N)c(S(=O)(=O)O)c1. The van der Waals surface area contributed by atoms with E-state index in [4.69, 9.17) is 15.4 Å². The first kappa shape index (κ1) is 14.7. The minimum atomic E-state index is -4.35. The zero-order valence-electron chi connectivity index (χ0n) is 10.4. The lowest BCUT2D eigenvalue weighted by atomic mass is 10.1. The maximum atomic E-state index is 11.2. The molecule has 0 radical (unpaired) electrons. The van der Waals surface area contributed by atoms with Crippen LogP contribution in [-0.4, -0.2) is 37.8 Å². The summed E-state index contributed by atoms with van der Waals surface area (Å²) in [5.74, 6) is 0. The number of likely N-dealkylation sites (N-methyl/N-ethyl adjacent to an activating group) is 1. The van der Waals surface area contributed by atoms with E-state index in [2.05, 4.69) is 0 Å². The van der Waals surface area contributed by atoms with Crippen LogP contribution in [-0.2, 0) is 10.1 Å². The first-order valence-electron chi connectivity index (χ1n) is 5.54. The van der Waals surface area contributed by atoms with E-state index < -0.39 is 10.1 Å². The number of aliphatic hydroxyl groups excluding tert-OH is 1. The minimum absolute atomic E-state index is 0.0429. The van der Waals surface area contributed by atoms with Crippen LogP contribution in [0.15, 0.2) is 17.0 Å². The Labute approximate surface area is 107 Å². The molecule has 0 amide bonds. The number of aryl methyl sites for hydroxylation is 1. The smallest absolute Gasteiger partial charge is 0.296 e. The lowest BCUT2D eigenvalue weighted by Gasteiger charge is -2.23. The van der Waals surface area contributed by atoms with Crippen LogP contribution >= 0.6 is 0 Å². The predicted molar refractivity (Wildman–Crippen MR) is 70.4 cm³/mol. The molecule has 102 valence electrons. The van der Waals surface area contributed by atoms with Crippen molar-refractivity contribution in [3.63, 3.8) is 0 Å². The summed E-state index contributed by atoms with van der Waals surface area (Å²) in [7, 11) is -4.35. The summed E-state index contributed by atoms with van der Waals surface area (Å²) < 4.78 is 31.6. The summed E-state index contributed by atoms with van der Waals surface area (Å²) in [6.07, 6.45) is 0. The van der Waals surface area contributed by atoms with Gasteiger partial charge in [-0.15, -0.1) is 0 Å². The summed E-state index contributed by atoms with van der Waals surface area (Å²) in [4.78, 5) is 1.50. The number of hydrogen-bond acceptors (Lipinski definition) is 5. The number of anilines is 2. The maximum Gasteiger partial charge on any atom is 0.296 e. The standard InChI is InChI=1S/C11H18N2O4S/c1-3-13(4-5-14)9-6-8(2)11(12)10(7-9)18(15,16)17/h6-7,14H,3-5,12H2,1-2H3,(H,15,16,17). The highest BCUT2D eigenvalue weighted by Gasteiger charge is 2.18. The quantitative estimate of drug-likeness (QED) is 0.538. The third-order valence-corrected chi connectivity index (χ3v) is 3.62. The molecule has 0 aliphatic heterocycles. The number of rotatable bonds is 5. The second-order valence-corrected chi connectivity index (χ2v) is 5.34. The first-order valence-corrected chi connectivity index (χ1v) is 6.98. The zero-order chi connectivity index (χ0) is 13.9. The van der Waals surface area contributed by atoms with E-state index in [-0.39, 0.29) is 17.2 Å². The highest BCUT2D eigenvalue weighted by Crippen LogP contribution is 2.28. The van der Waals surface area contributed by atoms with E-state index in [1.165, 1.54) is 6.07 Å². The van der Waals surface area contributed by atoms with Crippen molar-refractivity contribution in [1.82, 2.24) is 0 Å². The number of nitrogen functional groups attached to an aromatic ring is 1. The molecule has 1 rings (SSSR count). The molecule has 0 bridgehead atoms. The van der Waals surface area contributed by atoms with Crippen LogP contribution in [0.25, 0.3) is 0 Å². The van der Waals surface area contributed by atoms with E-state index in [0.717, 1.165) is 0 Å². The topological polar surface area (TPSA) is 104 Å². The highest BCUT2D eigenvalue weighted by molar-refractivity contribution is 7.86. The van der Waals surface area contributed by atoms with E-state index in [1.54, 1.807) is 17.9 Å². The van der Waals surface area contributed by atoms with Gasteiger partial charge in [-0.25, -0.2) is 0 Å². The molecule has 0 spiro atoms. The molecule has 0 aliphatic carbocycles. The van der Waals surface area contributed by atoms with Gasteiger partial charge in [0.05, 0.1) is 12.3 Å². The van der Waals surface area contributed by atoms with Crippen LogP contribution in [0.2, 0.25) is 0 Å². The highest BCUT2D eigenvalue weighted by atomic mass is 32.2. The number of nitrogens with zero attached hydrogens (tertiary/aromatic N) is 1. The third kappa shape index (κ3) is 3.12. The Morgan fingerprint density at radius 3 is 2.44 bits per heavy atom. The van der Waals surface area contributed by atoms with Crippen molar-refractivity contribution in [2.45, 2.75) is 18.7 Å². The summed E-state index contributed by atoms with van der Waals surface area (Å²) in [5, 5.41) is 8.95. The number of hydrogen-bond donors (Lipinski definition) is 3. The zero-order valence-corrected chi connectivity index (χ0v) is 11.2. The molecule has 0 aliphatic rings. The predicted octanol–water partition coefficient (Wildman–Crippen LogP) is 0.643. The third-order valence-electron chi connectivity index (χ3n) is 2.73. The molecular formula is C11H18N2O4S. The van der Waals surface area contributed by atoms with Gasteiger partial charge in [-0.1, -0.05) is 0 Å². The Kier molecular flexibility index (Phi) is 4.55. The van der Waals surface area contributed by atoms with Crippen molar-refractivity contribution in [2.75, 3.05) is 30.3 Å². The Morgan fingerprint density at radius 1 is 1.39 bits per heavy atom. The molecule has 0 heterocycles. The molecule has 0 fully saturated rings. The number of nitrogens with two attached hydrogens (primary N) is 1. The monoisotopic (exact) mass is 274 g/mol. The van der Waals surface area contributed by atoms with E-state index >= 15 is 0 Å². The van der Waals surface area contributed by atoms with Crippen LogP contribution in [0.3, 0.4) is 0 Å². The fraction of sp³-hybridized carbons (Fsp3) is 0.455. The van der Waals surface area contributed by atoms with Crippen LogP contribution in [0.1, 0.15) is 12.5 Å². The number of benzene rings is 1. The van der Waals surface area contributed by atoms with Gasteiger partial charge < -0.3 is 15.7 Å². The second kappa shape index (κ2) is 5.55. The fourth-order valence-electron chi connectivity index (χ4n) is 1.73. The molecule has 4 N–H and O–H groups in total. The first-order chi connectivity index (χ1) is 8.31. The van der Waals surface area contributed by atoms with Gasteiger partial charge in [-0.05, 0) is 31.5 Å². The van der Waals surface area contributed by atoms with Gasteiger partial charge in [0.1, 0.15) is 4.90 Å². The molecule has 6 nitrogen and oxygen atoms in total. The Hall–Kier alpha value is -1.31. The van der Waals surface area contributed by atoms with Crippen molar-refractivity contribution in [2.24, 2.45) is 0 Å². The van der Waals surface area contributed by atoms with Crippen molar-refractivity contribution in [3.05, 3.63) is 17.7 Å². The molecule has 18 heavy (non-hydrogen) atoms. The van der Waals surface area contributed by atoms with Gasteiger partial charge in [0.15, 0.2) is 0 Å². The minimum Gasteiger partial charge on any atom is -0.397 e. The molecule has 0 saturated heterocycles. The molecule has 7 heteroatoms. The largest absolute Gasteiger partial charge is 0.397 e. The van der Waals surface area contributed by atoms with Crippen molar-refractivity contribution >= 4 is 21.5 Å². The Bertz CT molecular complexity index is 528. The van der Waals surface area contributed by atoms with Crippen LogP contribution < -0.4 is 10.6 Å². The summed E-state index contributed by atoms with van der Waals surface area (Å²) in [6, 6.07) is 3.04. The van der Waals surface area contributed by atoms with Gasteiger partial charge in [-0.3, -0.25) is 4.55 Å². The number of aliphatic hydroxyl groups is 1. The van der Waals surface area contributed by atoms with Crippen LogP contribution in [0.4, 0.5) is 11.4 Å². The van der Waals surface area contributed by atoms with E-state index in [9.17, 15) is 8.42 Å². The Morgan fingerprint density at radius 2 is 2.00 bits per heavy atom. The van der Waals surface area contributed by atoms with Crippen LogP contribution in [0, 0.1) is 6.92 Å². The fourth-order valence-corrected chi connectivity index (χ4v) is 2.44. The van der Waals surface area contributed by atoms with Crippen molar-refractivity contribution in [3.8, 4) is 0 Å².